The summed E-state index contributed by atoms with van der Waals surface area (Å²) in [5.41, 5.74) is 2.28. The fourth-order valence-corrected chi connectivity index (χ4v) is 1.37. The molecule has 0 unspecified atom stereocenters. The van der Waals surface area contributed by atoms with E-state index in [1.807, 2.05) is 5.48 Å². The lowest BCUT2D eigenvalue weighted by molar-refractivity contribution is -0.215. The van der Waals surface area contributed by atoms with Gasteiger partial charge in [-0.25, -0.2) is 25.1 Å². The van der Waals surface area contributed by atoms with Crippen LogP contribution in [0, 0.1) is 5.82 Å². The SMILES string of the molecule is OONc1cc2c(Cl)ncnc2cc1F. The maximum Gasteiger partial charge on any atom is 0.150 e. The fourth-order valence-electron chi connectivity index (χ4n) is 1.17. The smallest absolute Gasteiger partial charge is 0.150 e. The largest absolute Gasteiger partial charge is 0.236 e. The van der Waals surface area contributed by atoms with Crippen molar-refractivity contribution in [2.45, 2.75) is 0 Å². The Morgan fingerprint density at radius 3 is 2.93 bits per heavy atom. The number of nitrogens with zero attached hydrogens (tertiary/aromatic N) is 2. The summed E-state index contributed by atoms with van der Waals surface area (Å²) in [6, 6.07) is 2.49. The quantitative estimate of drug-likeness (QED) is 0.470. The minimum atomic E-state index is -0.619. The van der Waals surface area contributed by atoms with Gasteiger partial charge in [0.2, 0.25) is 0 Å². The molecule has 7 heteroatoms. The lowest BCUT2D eigenvalue weighted by Gasteiger charge is -2.05. The monoisotopic (exact) mass is 229 g/mol. The van der Waals surface area contributed by atoms with Gasteiger partial charge in [0.15, 0.2) is 5.82 Å². The molecular formula is C8H5ClFN3O2. The van der Waals surface area contributed by atoms with Crippen molar-refractivity contribution in [1.29, 1.82) is 0 Å². The van der Waals surface area contributed by atoms with Crippen LogP contribution in [0.5, 0.6) is 0 Å². The van der Waals surface area contributed by atoms with Crippen LogP contribution in [0.3, 0.4) is 0 Å². The minimum absolute atomic E-state index is 0.0540. The summed E-state index contributed by atoms with van der Waals surface area (Å²) in [6.45, 7) is 0. The summed E-state index contributed by atoms with van der Waals surface area (Å²) in [4.78, 5) is 11.2. The van der Waals surface area contributed by atoms with E-state index in [9.17, 15) is 4.39 Å². The zero-order valence-corrected chi connectivity index (χ0v) is 7.99. The number of nitrogens with one attached hydrogen (secondary N) is 1. The van der Waals surface area contributed by atoms with Gasteiger partial charge in [-0.05, 0) is 6.07 Å². The lowest BCUT2D eigenvalue weighted by Crippen LogP contribution is -1.99. The molecule has 2 aromatic rings. The highest BCUT2D eigenvalue weighted by atomic mass is 35.5. The fraction of sp³-hybridized carbons (Fsp3) is 0. The molecule has 2 rings (SSSR count). The first-order valence-corrected chi connectivity index (χ1v) is 4.26. The van der Waals surface area contributed by atoms with E-state index in [0.29, 0.717) is 10.9 Å². The molecule has 0 spiro atoms. The average molecular weight is 230 g/mol. The standard InChI is InChI=1S/C8H5ClFN3O2/c9-8-4-1-7(13-15-14)5(10)2-6(4)11-3-12-8/h1-3,13-14H. The first kappa shape index (κ1) is 10.0. The Hall–Kier alpha value is -1.50. The number of fused-ring (bicyclic) bond motifs is 1. The molecule has 0 fully saturated rings. The molecule has 1 aromatic heterocycles. The molecule has 1 aromatic carbocycles. The molecule has 15 heavy (non-hydrogen) atoms. The number of halogens is 2. The van der Waals surface area contributed by atoms with Crippen molar-refractivity contribution in [3.05, 3.63) is 29.4 Å². The molecule has 5 nitrogen and oxygen atoms in total. The van der Waals surface area contributed by atoms with Crippen LogP contribution in [-0.2, 0) is 4.99 Å². The van der Waals surface area contributed by atoms with Crippen LogP contribution in [0.2, 0.25) is 5.15 Å². The lowest BCUT2D eigenvalue weighted by atomic mass is 10.2. The first-order chi connectivity index (χ1) is 7.22. The van der Waals surface area contributed by atoms with Gasteiger partial charge >= 0.3 is 0 Å². The summed E-state index contributed by atoms with van der Waals surface area (Å²) in [5.74, 6) is -0.619. The van der Waals surface area contributed by atoms with Crippen molar-refractivity contribution >= 4 is 28.2 Å². The van der Waals surface area contributed by atoms with Gasteiger partial charge in [-0.2, -0.15) is 0 Å². The van der Waals surface area contributed by atoms with Gasteiger partial charge in [0.25, 0.3) is 0 Å². The maximum absolute atomic E-state index is 13.3. The van der Waals surface area contributed by atoms with Crippen molar-refractivity contribution < 1.29 is 14.6 Å². The Morgan fingerprint density at radius 1 is 1.40 bits per heavy atom. The second-order valence-corrected chi connectivity index (χ2v) is 3.07. The van der Waals surface area contributed by atoms with Crippen molar-refractivity contribution in [2.75, 3.05) is 5.48 Å². The van der Waals surface area contributed by atoms with E-state index in [0.717, 1.165) is 6.07 Å². The molecule has 2 N–H and O–H groups in total. The van der Waals surface area contributed by atoms with Crippen molar-refractivity contribution in [3.8, 4) is 0 Å². The van der Waals surface area contributed by atoms with E-state index in [4.69, 9.17) is 16.9 Å². The number of anilines is 1. The van der Waals surface area contributed by atoms with Gasteiger partial charge in [-0.1, -0.05) is 11.6 Å². The average Bonchev–Trinajstić information content (AvgIpc) is 2.21. The molecule has 0 radical (unpaired) electrons. The maximum atomic E-state index is 13.3. The van der Waals surface area contributed by atoms with Crippen LogP contribution in [0.25, 0.3) is 10.9 Å². The molecule has 0 atom stereocenters. The van der Waals surface area contributed by atoms with Gasteiger partial charge < -0.3 is 0 Å². The Labute approximate surface area is 88.4 Å². The van der Waals surface area contributed by atoms with E-state index in [1.54, 1.807) is 0 Å². The van der Waals surface area contributed by atoms with E-state index < -0.39 is 5.82 Å². The second kappa shape index (κ2) is 3.93. The molecule has 0 aliphatic rings. The highest BCUT2D eigenvalue weighted by Gasteiger charge is 2.08. The Bertz CT molecular complexity index is 508. The van der Waals surface area contributed by atoms with Gasteiger partial charge in [-0.3, -0.25) is 0 Å². The first-order valence-electron chi connectivity index (χ1n) is 3.88. The van der Waals surface area contributed by atoms with Crippen LogP contribution in [0.1, 0.15) is 0 Å². The van der Waals surface area contributed by atoms with Crippen molar-refractivity contribution in [1.82, 2.24) is 9.97 Å². The summed E-state index contributed by atoms with van der Waals surface area (Å²) >= 11 is 5.78. The Balaban J connectivity index is 2.66. The molecule has 0 aliphatic heterocycles. The third-order valence-electron chi connectivity index (χ3n) is 1.83. The van der Waals surface area contributed by atoms with Crippen molar-refractivity contribution in [3.63, 3.8) is 0 Å². The Kier molecular flexibility index (Phi) is 2.63. The predicted molar refractivity (Wildman–Crippen MR) is 51.8 cm³/mol. The minimum Gasteiger partial charge on any atom is -0.236 e. The number of aromatic nitrogens is 2. The van der Waals surface area contributed by atoms with Gasteiger partial charge in [-0.15, -0.1) is 4.99 Å². The highest BCUT2D eigenvalue weighted by Crippen LogP contribution is 2.25. The van der Waals surface area contributed by atoms with Crippen LogP contribution in [0.15, 0.2) is 18.5 Å². The molecule has 0 saturated heterocycles. The van der Waals surface area contributed by atoms with Crippen LogP contribution in [0.4, 0.5) is 10.1 Å². The number of hydrogen-bond acceptors (Lipinski definition) is 5. The normalized spacial score (nSPS) is 10.6. The number of benzene rings is 1. The zero-order chi connectivity index (χ0) is 10.8. The number of rotatable bonds is 2. The summed E-state index contributed by atoms with van der Waals surface area (Å²) in [6.07, 6.45) is 1.24. The topological polar surface area (TPSA) is 67.3 Å². The Morgan fingerprint density at radius 2 is 2.20 bits per heavy atom. The van der Waals surface area contributed by atoms with Crippen LogP contribution < -0.4 is 5.48 Å². The highest BCUT2D eigenvalue weighted by molar-refractivity contribution is 6.34. The summed E-state index contributed by atoms with van der Waals surface area (Å²) in [7, 11) is 0. The molecule has 0 saturated carbocycles. The van der Waals surface area contributed by atoms with Gasteiger partial charge in [0, 0.05) is 11.5 Å². The van der Waals surface area contributed by atoms with Crippen LogP contribution in [-0.4, -0.2) is 15.2 Å². The van der Waals surface area contributed by atoms with Gasteiger partial charge in [0.1, 0.15) is 11.5 Å². The third-order valence-corrected chi connectivity index (χ3v) is 2.13. The molecule has 0 aliphatic carbocycles. The zero-order valence-electron chi connectivity index (χ0n) is 7.24. The predicted octanol–water partition coefficient (Wildman–Crippen LogP) is 2.24. The second-order valence-electron chi connectivity index (χ2n) is 2.71. The van der Waals surface area contributed by atoms with E-state index in [-0.39, 0.29) is 10.8 Å². The van der Waals surface area contributed by atoms with Crippen LogP contribution >= 0.6 is 11.6 Å². The molecular weight excluding hydrogens is 225 g/mol. The molecule has 0 amide bonds. The molecule has 1 heterocycles. The van der Waals surface area contributed by atoms with E-state index in [2.05, 4.69) is 15.0 Å². The summed E-state index contributed by atoms with van der Waals surface area (Å²) in [5, 5.41) is 8.80. The molecule has 78 valence electrons. The molecule has 0 bridgehead atoms. The van der Waals surface area contributed by atoms with Crippen molar-refractivity contribution in [2.24, 2.45) is 0 Å². The summed E-state index contributed by atoms with van der Waals surface area (Å²) < 4.78 is 13.3. The van der Waals surface area contributed by atoms with E-state index >= 15 is 0 Å². The van der Waals surface area contributed by atoms with E-state index in [1.165, 1.54) is 12.4 Å². The third kappa shape index (κ3) is 1.82. The number of hydrogen-bond donors (Lipinski definition) is 2. The van der Waals surface area contributed by atoms with Gasteiger partial charge in [0.05, 0.1) is 11.2 Å².